The normalized spacial score (nSPS) is 16.5. The van der Waals surface area contributed by atoms with E-state index >= 15 is 0 Å². The Hall–Kier alpha value is 0.824. The first-order valence-corrected chi connectivity index (χ1v) is 29.6. The van der Waals surface area contributed by atoms with Crippen molar-refractivity contribution in [2.75, 3.05) is 26.4 Å². The van der Waals surface area contributed by atoms with Crippen molar-refractivity contribution in [2.24, 2.45) is 0 Å². The van der Waals surface area contributed by atoms with Gasteiger partial charge in [0.1, 0.15) is 0 Å². The number of phosphoric acid groups is 4. The molecule has 17 nitrogen and oxygen atoms in total. The monoisotopic (exact) mass is 924 g/mol. The molecule has 1 aliphatic heterocycles. The van der Waals surface area contributed by atoms with Crippen LogP contribution in [0.25, 0.3) is 0 Å². The van der Waals surface area contributed by atoms with Gasteiger partial charge in [-0.2, -0.15) is 0 Å². The third kappa shape index (κ3) is 41.6. The van der Waals surface area contributed by atoms with Gasteiger partial charge in [0.2, 0.25) is 0 Å². The van der Waals surface area contributed by atoms with Gasteiger partial charge in [0.25, 0.3) is 31.3 Å². The molecule has 1 aliphatic rings. The van der Waals surface area contributed by atoms with E-state index in [2.05, 4.69) is 54.4 Å². The number of carbonyl (C=O) groups is 1. The van der Waals surface area contributed by atoms with Crippen molar-refractivity contribution in [1.82, 2.24) is 0 Å². The number of phosphoric ester groups is 4. The van der Waals surface area contributed by atoms with E-state index in [1.165, 1.54) is 0 Å². The molecule has 0 radical (unpaired) electrons. The van der Waals surface area contributed by atoms with E-state index in [1.54, 1.807) is 0 Å². The minimum absolute atomic E-state index is 0.0790. The maximum atomic E-state index is 11.5. The number of unbranched alkanes of at least 4 members (excludes halogenated alkanes) is 20. The molecule has 0 aromatic heterocycles. The van der Waals surface area contributed by atoms with Crippen molar-refractivity contribution in [2.45, 2.75) is 187 Å². The Morgan fingerprint density at radius 3 is 0.750 bits per heavy atom. The maximum absolute atomic E-state index is 11.5. The van der Waals surface area contributed by atoms with Gasteiger partial charge in [-0.1, -0.05) is 156 Å². The van der Waals surface area contributed by atoms with Crippen molar-refractivity contribution >= 4 is 35.4 Å². The van der Waals surface area contributed by atoms with Gasteiger partial charge in [-0.15, -0.1) is 0 Å². The summed E-state index contributed by atoms with van der Waals surface area (Å²) >= 11 is -3.51. The SMILES string of the molecule is CCCCCCCCOP(=O)([O-])OP(=O)([O-])OCCCCCCCC.CCCCCCCCOP(=O)([O-])OP(=O)([O-])OCCCCCCCC.O=[C]1[CH2][Ti+4]1([OH])[OH]. The van der Waals surface area contributed by atoms with Crippen molar-refractivity contribution in [3.05, 3.63) is 0 Å². The molecule has 1 saturated heterocycles. The summed E-state index contributed by atoms with van der Waals surface area (Å²) in [4.78, 5) is 55.9. The van der Waals surface area contributed by atoms with E-state index < -0.39 is 48.7 Å². The third-order valence-electron chi connectivity index (χ3n) is 8.12. The molecule has 0 amide bonds. The van der Waals surface area contributed by atoms with Crippen LogP contribution in [0.5, 0.6) is 0 Å². The van der Waals surface area contributed by atoms with E-state index in [4.69, 9.17) is 7.38 Å². The molecule has 4 atom stereocenters. The third-order valence-corrected chi connectivity index (χ3v) is 15.6. The summed E-state index contributed by atoms with van der Waals surface area (Å²) < 4.78 is 88.9. The standard InChI is InChI=1S/2C16H36O7P2.C2H2O.2H2O.Ti/c2*1-3-5-7-9-11-13-15-21-24(17,18)23-25(19,20)22-16-14-12-10-8-6-4-2;1-2-3;;;/h2*3-16H2,1-2H3,(H,17,18)(H,19,20);1H2;2*1H2;/q;;;;;+6/p-6. The first kappa shape index (κ1) is 58.9. The van der Waals surface area contributed by atoms with Gasteiger partial charge >= 0.3 is 38.3 Å². The van der Waals surface area contributed by atoms with Crippen LogP contribution in [0.2, 0.25) is 4.73 Å². The molecule has 0 spiro atoms. The zero-order valence-corrected chi connectivity index (χ0v) is 39.5. The van der Waals surface area contributed by atoms with Gasteiger partial charge in [0.15, 0.2) is 0 Å². The molecule has 0 bridgehead atoms. The quantitative estimate of drug-likeness (QED) is 0.0339. The minimum atomic E-state index is -4.90. The van der Waals surface area contributed by atoms with Crippen LogP contribution in [0.3, 0.4) is 0 Å². The summed E-state index contributed by atoms with van der Waals surface area (Å²) in [5, 5.41) is 0. The van der Waals surface area contributed by atoms with E-state index in [-0.39, 0.29) is 35.2 Å². The second-order valence-electron chi connectivity index (χ2n) is 13.8. The van der Waals surface area contributed by atoms with Crippen molar-refractivity contribution in [3.63, 3.8) is 0 Å². The van der Waals surface area contributed by atoms with Gasteiger partial charge in [-0.25, -0.2) is 8.62 Å². The molecule has 0 aliphatic carbocycles. The average molecular weight is 925 g/mol. The molecule has 0 saturated carbocycles. The molecule has 1 fully saturated rings. The summed E-state index contributed by atoms with van der Waals surface area (Å²) in [6.07, 6.45) is 23.1. The molecule has 4 unspecified atom stereocenters. The van der Waals surface area contributed by atoms with E-state index in [1.807, 2.05) is 0 Å². The number of carbonyl (C=O) groups excluding carboxylic acids is 1. The van der Waals surface area contributed by atoms with E-state index in [9.17, 15) is 42.6 Å². The number of hydrogen-bond acceptors (Lipinski definition) is 17. The van der Waals surface area contributed by atoms with Crippen LogP contribution < -0.4 is 19.6 Å². The van der Waals surface area contributed by atoms with Gasteiger partial charge in [0, 0.05) is 0 Å². The molecular formula is C34H72O17P4Ti. The van der Waals surface area contributed by atoms with E-state index in [0.29, 0.717) is 25.7 Å². The summed E-state index contributed by atoms with van der Waals surface area (Å²) in [7, 11) is -19.6. The molecule has 56 heavy (non-hydrogen) atoms. The second-order valence-corrected chi connectivity index (χ2v) is 23.7. The Balaban J connectivity index is 0. The molecule has 0 aromatic rings. The second kappa shape index (κ2) is 35.4. The molecule has 1 heterocycles. The molecule has 0 aromatic carbocycles. The van der Waals surface area contributed by atoms with E-state index in [0.717, 1.165) is 128 Å². The average Bonchev–Trinajstić information content (AvgIpc) is 3.67. The Morgan fingerprint density at radius 2 is 0.589 bits per heavy atom. The Kier molecular flexibility index (Phi) is 37.3. The fourth-order valence-corrected chi connectivity index (χ4v) is 10.5. The van der Waals surface area contributed by atoms with Crippen LogP contribution in [0.1, 0.15) is 182 Å². The molecular weight excluding hydrogens is 852 g/mol. The molecule has 2 N–H and O–H groups in total. The summed E-state index contributed by atoms with van der Waals surface area (Å²) in [5.74, 6) is 0. The molecule has 1 rings (SSSR count). The van der Waals surface area contributed by atoms with Gasteiger partial charge in [-0.3, -0.25) is 18.3 Å². The fraction of sp³-hybridized carbons (Fsp3) is 0.971. The first-order valence-electron chi connectivity index (χ1n) is 20.5. The van der Waals surface area contributed by atoms with Crippen molar-refractivity contribution in [1.29, 1.82) is 0 Å². The predicted octanol–water partition coefficient (Wildman–Crippen LogP) is 8.30. The Morgan fingerprint density at radius 1 is 0.429 bits per heavy atom. The van der Waals surface area contributed by atoms with Crippen molar-refractivity contribution in [3.8, 4) is 0 Å². The first-order chi connectivity index (χ1) is 26.3. The van der Waals surface area contributed by atoms with Crippen LogP contribution in [0.15, 0.2) is 0 Å². The van der Waals surface area contributed by atoms with Crippen LogP contribution in [0.4, 0.5) is 0 Å². The van der Waals surface area contributed by atoms with Crippen molar-refractivity contribution < 1.29 is 94.1 Å². The zero-order valence-electron chi connectivity index (χ0n) is 34.3. The predicted molar refractivity (Wildman–Crippen MR) is 204 cm³/mol. The Labute approximate surface area is 341 Å². The van der Waals surface area contributed by atoms with Crippen LogP contribution in [-0.4, -0.2) is 37.9 Å². The van der Waals surface area contributed by atoms with Gasteiger partial charge in [-0.05, 0) is 25.7 Å². The van der Waals surface area contributed by atoms with Gasteiger partial charge < -0.3 is 37.7 Å². The number of hydrogen-bond donors (Lipinski definition) is 2. The molecule has 334 valence electrons. The summed E-state index contributed by atoms with van der Waals surface area (Å²) in [6, 6.07) is 0. The van der Waals surface area contributed by atoms with Crippen LogP contribution >= 0.6 is 31.3 Å². The Bertz CT molecular complexity index is 1020. The zero-order chi connectivity index (χ0) is 42.8. The number of rotatable bonds is 36. The summed E-state index contributed by atoms with van der Waals surface area (Å²) in [6.45, 7) is 8.14. The fourth-order valence-electron chi connectivity index (χ4n) is 4.75. The topological polar surface area (TPSA) is 273 Å². The van der Waals surface area contributed by atoms with Crippen LogP contribution in [-0.2, 0) is 67.1 Å². The van der Waals surface area contributed by atoms with Crippen LogP contribution in [0, 0.1) is 0 Å². The van der Waals surface area contributed by atoms with Gasteiger partial charge in [0.05, 0.1) is 26.4 Å². The summed E-state index contributed by atoms with van der Waals surface area (Å²) in [5.41, 5.74) is 0. The molecule has 22 heteroatoms.